The number of rotatable bonds is 5. The number of carbonyl (C=O) groups excluding carboxylic acids is 1. The fraction of sp³-hybridized carbons (Fsp3) is 0.400. The van der Waals surface area contributed by atoms with E-state index in [2.05, 4.69) is 15.4 Å². The second kappa shape index (κ2) is 7.26. The van der Waals surface area contributed by atoms with Crippen LogP contribution in [0.25, 0.3) is 0 Å². The van der Waals surface area contributed by atoms with Crippen molar-refractivity contribution >= 4 is 23.3 Å². The Morgan fingerprint density at radius 1 is 1.45 bits per heavy atom. The predicted octanol–water partition coefficient (Wildman–Crippen LogP) is 2.87. The van der Waals surface area contributed by atoms with Crippen molar-refractivity contribution in [1.29, 1.82) is 0 Å². The van der Waals surface area contributed by atoms with E-state index in [-0.39, 0.29) is 6.03 Å². The van der Waals surface area contributed by atoms with Crippen LogP contribution in [0.2, 0.25) is 5.15 Å². The zero-order chi connectivity index (χ0) is 16.1. The van der Waals surface area contributed by atoms with E-state index in [0.29, 0.717) is 23.1 Å². The highest BCUT2D eigenvalue weighted by molar-refractivity contribution is 6.29. The maximum absolute atomic E-state index is 12.1. The number of nitrogens with one attached hydrogen (secondary N) is 1. The van der Waals surface area contributed by atoms with Gasteiger partial charge in [-0.1, -0.05) is 11.6 Å². The molecule has 0 aliphatic carbocycles. The SMILES string of the molecule is Cc1nc(Cl)ccc1NC(=O)N(C)CCCc1cnn(C)c1. The summed E-state index contributed by atoms with van der Waals surface area (Å²) in [6.45, 7) is 2.48. The summed E-state index contributed by atoms with van der Waals surface area (Å²) >= 11 is 5.80. The lowest BCUT2D eigenvalue weighted by molar-refractivity contribution is 0.222. The summed E-state index contributed by atoms with van der Waals surface area (Å²) < 4.78 is 1.78. The molecule has 0 spiro atoms. The van der Waals surface area contributed by atoms with Crippen LogP contribution in [-0.2, 0) is 13.5 Å². The zero-order valence-corrected chi connectivity index (χ0v) is 13.8. The van der Waals surface area contributed by atoms with Crippen molar-refractivity contribution in [3.8, 4) is 0 Å². The first-order valence-electron chi connectivity index (χ1n) is 7.08. The summed E-state index contributed by atoms with van der Waals surface area (Å²) in [5, 5.41) is 7.38. The number of urea groups is 1. The lowest BCUT2D eigenvalue weighted by atomic mass is 10.2. The second-order valence-corrected chi connectivity index (χ2v) is 5.63. The summed E-state index contributed by atoms with van der Waals surface area (Å²) in [7, 11) is 3.67. The Labute approximate surface area is 135 Å². The summed E-state index contributed by atoms with van der Waals surface area (Å²) in [5.74, 6) is 0. The molecule has 0 aliphatic heterocycles. The Bertz CT molecular complexity index is 655. The van der Waals surface area contributed by atoms with Crippen LogP contribution in [0.5, 0.6) is 0 Å². The van der Waals surface area contributed by atoms with Crippen molar-refractivity contribution in [1.82, 2.24) is 19.7 Å². The van der Waals surface area contributed by atoms with Crippen LogP contribution < -0.4 is 5.32 Å². The minimum atomic E-state index is -0.154. The number of pyridine rings is 1. The van der Waals surface area contributed by atoms with Crippen molar-refractivity contribution < 1.29 is 4.79 Å². The van der Waals surface area contributed by atoms with Crippen molar-refractivity contribution in [3.63, 3.8) is 0 Å². The first-order chi connectivity index (χ1) is 10.5. The molecule has 0 fully saturated rings. The fourth-order valence-electron chi connectivity index (χ4n) is 2.10. The molecule has 2 heterocycles. The minimum Gasteiger partial charge on any atom is -0.328 e. The fourth-order valence-corrected chi connectivity index (χ4v) is 2.29. The number of aryl methyl sites for hydroxylation is 3. The van der Waals surface area contributed by atoms with Gasteiger partial charge < -0.3 is 10.2 Å². The molecule has 0 saturated heterocycles. The number of carbonyl (C=O) groups is 1. The Kier molecular flexibility index (Phi) is 5.38. The van der Waals surface area contributed by atoms with Crippen LogP contribution in [0.15, 0.2) is 24.5 Å². The summed E-state index contributed by atoms with van der Waals surface area (Å²) in [4.78, 5) is 17.9. The molecule has 0 aromatic carbocycles. The largest absolute Gasteiger partial charge is 0.328 e. The maximum atomic E-state index is 12.1. The lowest BCUT2D eigenvalue weighted by Gasteiger charge is -2.18. The van der Waals surface area contributed by atoms with E-state index in [0.717, 1.165) is 12.8 Å². The lowest BCUT2D eigenvalue weighted by Crippen LogP contribution is -2.32. The van der Waals surface area contributed by atoms with Crippen LogP contribution in [0, 0.1) is 6.92 Å². The van der Waals surface area contributed by atoms with E-state index in [4.69, 9.17) is 11.6 Å². The molecule has 0 bridgehead atoms. The van der Waals surface area contributed by atoms with E-state index in [1.165, 1.54) is 5.56 Å². The third-order valence-corrected chi connectivity index (χ3v) is 3.57. The normalized spacial score (nSPS) is 10.5. The molecule has 0 unspecified atom stereocenters. The maximum Gasteiger partial charge on any atom is 0.321 e. The van der Waals surface area contributed by atoms with Gasteiger partial charge in [0.15, 0.2) is 0 Å². The summed E-state index contributed by atoms with van der Waals surface area (Å²) in [5.41, 5.74) is 2.55. The number of anilines is 1. The number of amides is 2. The van der Waals surface area contributed by atoms with Crippen molar-refractivity contribution in [3.05, 3.63) is 40.9 Å². The first-order valence-corrected chi connectivity index (χ1v) is 7.46. The quantitative estimate of drug-likeness (QED) is 0.861. The van der Waals surface area contributed by atoms with Crippen molar-refractivity contribution in [2.45, 2.75) is 19.8 Å². The Hall–Kier alpha value is -2.08. The third-order valence-electron chi connectivity index (χ3n) is 3.36. The first kappa shape index (κ1) is 16.3. The van der Waals surface area contributed by atoms with Crippen molar-refractivity contribution in [2.24, 2.45) is 7.05 Å². The van der Waals surface area contributed by atoms with Gasteiger partial charge >= 0.3 is 6.03 Å². The second-order valence-electron chi connectivity index (χ2n) is 5.24. The molecule has 2 amide bonds. The molecule has 118 valence electrons. The van der Waals surface area contributed by atoms with Crippen LogP contribution in [0.4, 0.5) is 10.5 Å². The topological polar surface area (TPSA) is 63.1 Å². The molecule has 0 aliphatic rings. The summed E-state index contributed by atoms with van der Waals surface area (Å²) in [6, 6.07) is 3.26. The van der Waals surface area contributed by atoms with Crippen LogP contribution in [-0.4, -0.2) is 39.3 Å². The predicted molar refractivity (Wildman–Crippen MR) is 87.2 cm³/mol. The van der Waals surface area contributed by atoms with Gasteiger partial charge in [-0.3, -0.25) is 4.68 Å². The zero-order valence-electron chi connectivity index (χ0n) is 13.0. The van der Waals surface area contributed by atoms with Crippen molar-refractivity contribution in [2.75, 3.05) is 18.9 Å². The van der Waals surface area contributed by atoms with Gasteiger partial charge in [-0.25, -0.2) is 9.78 Å². The Morgan fingerprint density at radius 2 is 2.23 bits per heavy atom. The highest BCUT2D eigenvalue weighted by atomic mass is 35.5. The van der Waals surface area contributed by atoms with E-state index in [9.17, 15) is 4.79 Å². The van der Waals surface area contributed by atoms with Crippen LogP contribution >= 0.6 is 11.6 Å². The van der Waals surface area contributed by atoms with Gasteiger partial charge in [-0.15, -0.1) is 0 Å². The van der Waals surface area contributed by atoms with Gasteiger partial charge in [-0.05, 0) is 37.5 Å². The molecule has 0 atom stereocenters. The number of halogens is 1. The molecule has 0 saturated carbocycles. The minimum absolute atomic E-state index is 0.154. The average Bonchev–Trinajstić information content (AvgIpc) is 2.87. The molecule has 22 heavy (non-hydrogen) atoms. The van der Waals surface area contributed by atoms with Gasteiger partial charge in [0.1, 0.15) is 5.15 Å². The van der Waals surface area contributed by atoms with Gasteiger partial charge in [0.05, 0.1) is 17.6 Å². The van der Waals surface area contributed by atoms with Crippen LogP contribution in [0.1, 0.15) is 17.7 Å². The smallest absolute Gasteiger partial charge is 0.321 e. The van der Waals surface area contributed by atoms with E-state index in [1.54, 1.807) is 28.8 Å². The number of nitrogens with zero attached hydrogens (tertiary/aromatic N) is 4. The molecule has 0 radical (unpaired) electrons. The highest BCUT2D eigenvalue weighted by Crippen LogP contribution is 2.16. The molecular weight excluding hydrogens is 302 g/mol. The highest BCUT2D eigenvalue weighted by Gasteiger charge is 2.10. The van der Waals surface area contributed by atoms with Gasteiger partial charge in [0.25, 0.3) is 0 Å². The molecule has 2 rings (SSSR count). The molecule has 6 nitrogen and oxygen atoms in total. The Morgan fingerprint density at radius 3 is 2.86 bits per heavy atom. The third kappa shape index (κ3) is 4.46. The monoisotopic (exact) mass is 321 g/mol. The van der Waals surface area contributed by atoms with E-state index >= 15 is 0 Å². The van der Waals surface area contributed by atoms with Gasteiger partial charge in [0.2, 0.25) is 0 Å². The molecule has 7 heteroatoms. The molecule has 1 N–H and O–H groups in total. The average molecular weight is 322 g/mol. The number of hydrogen-bond donors (Lipinski definition) is 1. The van der Waals surface area contributed by atoms with E-state index < -0.39 is 0 Å². The number of aromatic nitrogens is 3. The summed E-state index contributed by atoms with van der Waals surface area (Å²) in [6.07, 6.45) is 5.62. The molecular formula is C15H20ClN5O. The number of hydrogen-bond acceptors (Lipinski definition) is 3. The van der Waals surface area contributed by atoms with E-state index in [1.807, 2.05) is 26.4 Å². The van der Waals surface area contributed by atoms with Gasteiger partial charge in [0, 0.05) is 26.8 Å². The standard InChI is InChI=1S/C15H20ClN5O/c1-11-13(6-7-14(16)18-11)19-15(22)20(2)8-4-5-12-9-17-21(3)10-12/h6-7,9-10H,4-5,8H2,1-3H3,(H,19,22). The molecule has 2 aromatic heterocycles. The molecule has 2 aromatic rings. The Balaban J connectivity index is 1.81. The van der Waals surface area contributed by atoms with Gasteiger partial charge in [-0.2, -0.15) is 5.10 Å². The van der Waals surface area contributed by atoms with Crippen LogP contribution in [0.3, 0.4) is 0 Å².